The monoisotopic (exact) mass is 561 g/mol. The van der Waals surface area contributed by atoms with Gasteiger partial charge in [-0.2, -0.15) is 28.1 Å². The molecule has 0 unspecified atom stereocenters. The van der Waals surface area contributed by atoms with Crippen LogP contribution in [0.15, 0.2) is 24.3 Å². The second kappa shape index (κ2) is 12.1. The maximum Gasteiger partial charge on any atom is 0.416 e. The number of aromatic nitrogens is 3. The van der Waals surface area contributed by atoms with Crippen LogP contribution in [0.3, 0.4) is 0 Å². The Bertz CT molecular complexity index is 1120. The molecular formula is C27H38F3N9O. The predicted molar refractivity (Wildman–Crippen MR) is 147 cm³/mol. The quantitative estimate of drug-likeness (QED) is 0.569. The van der Waals surface area contributed by atoms with Crippen LogP contribution in [0, 0.1) is 5.92 Å². The van der Waals surface area contributed by atoms with Crippen molar-refractivity contribution in [2.75, 3.05) is 94.2 Å². The molecule has 1 aromatic carbocycles. The van der Waals surface area contributed by atoms with E-state index in [0.29, 0.717) is 43.8 Å². The van der Waals surface area contributed by atoms with Crippen molar-refractivity contribution < 1.29 is 18.0 Å². The molecule has 3 aliphatic heterocycles. The minimum atomic E-state index is -4.46. The second-order valence-electron chi connectivity index (χ2n) is 11.0. The number of benzene rings is 1. The summed E-state index contributed by atoms with van der Waals surface area (Å²) in [5.41, 5.74) is -0.647. The number of amides is 1. The summed E-state index contributed by atoms with van der Waals surface area (Å²) in [6.07, 6.45) is -3.30. The highest BCUT2D eigenvalue weighted by Gasteiger charge is 2.33. The van der Waals surface area contributed by atoms with Crippen molar-refractivity contribution in [2.24, 2.45) is 5.92 Å². The number of piperidine rings is 1. The molecule has 0 radical (unpaired) electrons. The summed E-state index contributed by atoms with van der Waals surface area (Å²) < 4.78 is 39.9. The zero-order valence-electron chi connectivity index (χ0n) is 23.2. The Morgan fingerprint density at radius 2 is 1.23 bits per heavy atom. The summed E-state index contributed by atoms with van der Waals surface area (Å²) in [6, 6.07) is 5.36. The van der Waals surface area contributed by atoms with Gasteiger partial charge < -0.3 is 29.8 Å². The Labute approximate surface area is 233 Å². The lowest BCUT2D eigenvalue weighted by Gasteiger charge is -2.36. The maximum atomic E-state index is 13.3. The number of piperazine rings is 2. The second-order valence-corrected chi connectivity index (χ2v) is 11.0. The fourth-order valence-corrected chi connectivity index (χ4v) is 5.40. The van der Waals surface area contributed by atoms with Gasteiger partial charge in [0.15, 0.2) is 0 Å². The molecule has 3 saturated heterocycles. The van der Waals surface area contributed by atoms with Crippen LogP contribution in [0.5, 0.6) is 0 Å². The molecule has 0 aliphatic carbocycles. The smallest absolute Gasteiger partial charge is 0.352 e. The molecule has 0 saturated carbocycles. The maximum absolute atomic E-state index is 13.3. The topological polar surface area (TPSA) is 84.0 Å². The van der Waals surface area contributed by atoms with Gasteiger partial charge in [-0.25, -0.2) is 0 Å². The van der Waals surface area contributed by atoms with E-state index in [1.54, 1.807) is 6.07 Å². The van der Waals surface area contributed by atoms with E-state index in [1.807, 2.05) is 0 Å². The largest absolute Gasteiger partial charge is 0.416 e. The Hall–Kier alpha value is -3.19. The standard InChI is InChI=1S/C27H38F3N9O/c1-35-11-15-38(16-12-35)25-32-24(33-26(34-25)39-17-13-36(2)14-18-39)37-9-7-20(8-10-37)23(40)31-19-21-5-3-4-6-22(21)27(28,29)30/h3-6,20H,7-19H2,1-2H3,(H,31,40). The van der Waals surface area contributed by atoms with Gasteiger partial charge in [0.1, 0.15) is 0 Å². The van der Waals surface area contributed by atoms with Crippen LogP contribution in [0.2, 0.25) is 0 Å². The number of rotatable bonds is 6. The molecule has 1 amide bonds. The summed E-state index contributed by atoms with van der Waals surface area (Å²) in [4.78, 5) is 38.6. The van der Waals surface area contributed by atoms with Crippen molar-refractivity contribution in [3.8, 4) is 0 Å². The van der Waals surface area contributed by atoms with Gasteiger partial charge in [-0.3, -0.25) is 4.79 Å². The normalized spacial score (nSPS) is 20.2. The van der Waals surface area contributed by atoms with E-state index in [-0.39, 0.29) is 23.9 Å². The SMILES string of the molecule is CN1CCN(c2nc(N3CCC(C(=O)NCc4ccccc4C(F)(F)F)CC3)nc(N3CCN(C)CC3)n2)CC1. The summed E-state index contributed by atoms with van der Waals surface area (Å²) in [5, 5.41) is 2.73. The van der Waals surface area contributed by atoms with Crippen LogP contribution in [0.4, 0.5) is 31.0 Å². The summed E-state index contributed by atoms with van der Waals surface area (Å²) >= 11 is 0. The molecule has 10 nitrogen and oxygen atoms in total. The molecule has 1 aromatic heterocycles. The van der Waals surface area contributed by atoms with Gasteiger partial charge in [-0.15, -0.1) is 0 Å². The Morgan fingerprint density at radius 3 is 1.70 bits per heavy atom. The average Bonchev–Trinajstić information content (AvgIpc) is 2.96. The summed E-state index contributed by atoms with van der Waals surface area (Å²) in [5.74, 6) is 1.51. The number of likely N-dealkylation sites (N-methyl/N-ethyl adjacent to an activating group) is 2. The molecule has 0 bridgehead atoms. The molecule has 0 atom stereocenters. The van der Waals surface area contributed by atoms with E-state index in [1.165, 1.54) is 12.1 Å². The van der Waals surface area contributed by atoms with E-state index in [9.17, 15) is 18.0 Å². The summed E-state index contributed by atoms with van der Waals surface area (Å²) in [7, 11) is 4.22. The number of carbonyl (C=O) groups is 1. The first-order valence-corrected chi connectivity index (χ1v) is 14.0. The van der Waals surface area contributed by atoms with Crippen LogP contribution >= 0.6 is 0 Å². The fourth-order valence-electron chi connectivity index (χ4n) is 5.40. The highest BCUT2D eigenvalue weighted by Crippen LogP contribution is 2.32. The first-order chi connectivity index (χ1) is 19.2. The lowest BCUT2D eigenvalue weighted by atomic mass is 9.96. The molecular weight excluding hydrogens is 523 g/mol. The zero-order valence-corrected chi connectivity index (χ0v) is 23.2. The molecule has 40 heavy (non-hydrogen) atoms. The third kappa shape index (κ3) is 6.74. The lowest BCUT2D eigenvalue weighted by Crippen LogP contribution is -2.47. The van der Waals surface area contributed by atoms with Crippen molar-refractivity contribution >= 4 is 23.8 Å². The molecule has 0 spiro atoms. The highest BCUT2D eigenvalue weighted by molar-refractivity contribution is 5.79. The number of anilines is 3. The van der Waals surface area contributed by atoms with E-state index in [4.69, 9.17) is 15.0 Å². The Kier molecular flexibility index (Phi) is 8.60. The number of hydrogen-bond donors (Lipinski definition) is 1. The number of alkyl halides is 3. The molecule has 13 heteroatoms. The average molecular weight is 562 g/mol. The van der Waals surface area contributed by atoms with Crippen LogP contribution in [-0.4, -0.2) is 110 Å². The molecule has 1 N–H and O–H groups in total. The Morgan fingerprint density at radius 1 is 0.775 bits per heavy atom. The van der Waals surface area contributed by atoms with E-state index < -0.39 is 11.7 Å². The van der Waals surface area contributed by atoms with Gasteiger partial charge in [-0.05, 0) is 38.6 Å². The van der Waals surface area contributed by atoms with E-state index in [2.05, 4.69) is 43.9 Å². The van der Waals surface area contributed by atoms with Gasteiger partial charge in [0.05, 0.1) is 5.56 Å². The molecule has 4 heterocycles. The third-order valence-electron chi connectivity index (χ3n) is 8.10. The molecule has 5 rings (SSSR count). The van der Waals surface area contributed by atoms with Crippen LogP contribution < -0.4 is 20.0 Å². The van der Waals surface area contributed by atoms with Crippen molar-refractivity contribution in [2.45, 2.75) is 25.6 Å². The number of nitrogens with one attached hydrogen (secondary N) is 1. The van der Waals surface area contributed by atoms with Gasteiger partial charge in [0.2, 0.25) is 23.8 Å². The van der Waals surface area contributed by atoms with Gasteiger partial charge in [0.25, 0.3) is 0 Å². The van der Waals surface area contributed by atoms with Crippen molar-refractivity contribution in [3.05, 3.63) is 35.4 Å². The van der Waals surface area contributed by atoms with Crippen LogP contribution in [0.25, 0.3) is 0 Å². The Balaban J connectivity index is 1.24. The number of nitrogens with zero attached hydrogens (tertiary/aromatic N) is 8. The number of hydrogen-bond acceptors (Lipinski definition) is 9. The van der Waals surface area contributed by atoms with Crippen molar-refractivity contribution in [3.63, 3.8) is 0 Å². The molecule has 3 aliphatic rings. The predicted octanol–water partition coefficient (Wildman–Crippen LogP) is 1.93. The summed E-state index contributed by atoms with van der Waals surface area (Å²) in [6.45, 7) is 8.20. The van der Waals surface area contributed by atoms with Gasteiger partial charge in [-0.1, -0.05) is 18.2 Å². The van der Waals surface area contributed by atoms with Crippen molar-refractivity contribution in [1.29, 1.82) is 0 Å². The van der Waals surface area contributed by atoms with Crippen molar-refractivity contribution in [1.82, 2.24) is 30.1 Å². The minimum Gasteiger partial charge on any atom is -0.352 e. The highest BCUT2D eigenvalue weighted by atomic mass is 19.4. The fraction of sp³-hybridized carbons (Fsp3) is 0.630. The van der Waals surface area contributed by atoms with E-state index >= 15 is 0 Å². The number of carbonyl (C=O) groups excluding carboxylic acids is 1. The minimum absolute atomic E-state index is 0.0684. The van der Waals surface area contributed by atoms with Crippen LogP contribution in [-0.2, 0) is 17.5 Å². The van der Waals surface area contributed by atoms with Gasteiger partial charge >= 0.3 is 6.18 Å². The first-order valence-electron chi connectivity index (χ1n) is 14.0. The van der Waals surface area contributed by atoms with Gasteiger partial charge in [0, 0.05) is 77.9 Å². The molecule has 2 aromatic rings. The first kappa shape index (κ1) is 28.3. The molecule has 218 valence electrons. The zero-order chi connectivity index (χ0) is 28.3. The molecule has 3 fully saturated rings. The lowest BCUT2D eigenvalue weighted by molar-refractivity contribution is -0.138. The number of halogens is 3. The third-order valence-corrected chi connectivity index (χ3v) is 8.10. The van der Waals surface area contributed by atoms with Crippen LogP contribution in [0.1, 0.15) is 24.0 Å². The van der Waals surface area contributed by atoms with E-state index in [0.717, 1.165) is 58.4 Å².